The second kappa shape index (κ2) is 5.87. The van der Waals surface area contributed by atoms with Gasteiger partial charge in [0.2, 0.25) is 0 Å². The molecule has 0 aromatic carbocycles. The van der Waals surface area contributed by atoms with Crippen LogP contribution in [-0.4, -0.2) is 15.8 Å². The zero-order valence-electron chi connectivity index (χ0n) is 12.2. The molecule has 2 unspecified atom stereocenters. The highest BCUT2D eigenvalue weighted by Gasteiger charge is 2.25. The van der Waals surface area contributed by atoms with E-state index in [1.807, 2.05) is 0 Å². The van der Waals surface area contributed by atoms with Crippen LogP contribution in [0.2, 0.25) is 0 Å². The monoisotopic (exact) mass is 249 g/mol. The van der Waals surface area contributed by atoms with Crippen LogP contribution >= 0.6 is 0 Å². The van der Waals surface area contributed by atoms with Crippen LogP contribution in [0.15, 0.2) is 12.3 Å². The Hall–Kier alpha value is -0.830. The molecule has 1 N–H and O–H groups in total. The van der Waals surface area contributed by atoms with E-state index >= 15 is 0 Å². The summed E-state index contributed by atoms with van der Waals surface area (Å²) in [5.74, 6) is 1.67. The number of rotatable bonds is 4. The summed E-state index contributed by atoms with van der Waals surface area (Å²) in [5, 5.41) is 8.15. The summed E-state index contributed by atoms with van der Waals surface area (Å²) in [6.45, 7) is 9.95. The van der Waals surface area contributed by atoms with Gasteiger partial charge in [0.15, 0.2) is 0 Å². The van der Waals surface area contributed by atoms with E-state index < -0.39 is 0 Å². The normalized spacial score (nSPS) is 28.8. The van der Waals surface area contributed by atoms with Crippen molar-refractivity contribution >= 4 is 0 Å². The van der Waals surface area contributed by atoms with Crippen molar-refractivity contribution in [1.29, 1.82) is 0 Å². The lowest BCUT2D eigenvalue weighted by Gasteiger charge is -2.31. The average Bonchev–Trinajstić information content (AvgIpc) is 2.73. The van der Waals surface area contributed by atoms with E-state index in [2.05, 4.69) is 50.0 Å². The molecule has 1 heterocycles. The van der Waals surface area contributed by atoms with Crippen molar-refractivity contribution < 1.29 is 0 Å². The second-order valence-electron chi connectivity index (χ2n) is 6.39. The molecule has 1 aliphatic rings. The van der Waals surface area contributed by atoms with Crippen molar-refractivity contribution in [3.05, 3.63) is 18.0 Å². The minimum atomic E-state index is 0.518. The summed E-state index contributed by atoms with van der Waals surface area (Å²) in [6, 6.07) is 3.28. The van der Waals surface area contributed by atoms with Gasteiger partial charge in [0.25, 0.3) is 0 Å². The molecule has 18 heavy (non-hydrogen) atoms. The maximum absolute atomic E-state index is 4.73. The van der Waals surface area contributed by atoms with Gasteiger partial charge in [0, 0.05) is 18.8 Å². The van der Waals surface area contributed by atoms with Gasteiger partial charge >= 0.3 is 0 Å². The van der Waals surface area contributed by atoms with Crippen molar-refractivity contribution in [2.45, 2.75) is 65.6 Å². The second-order valence-corrected chi connectivity index (χ2v) is 6.39. The number of hydrogen-bond acceptors (Lipinski definition) is 2. The van der Waals surface area contributed by atoms with Crippen molar-refractivity contribution in [3.63, 3.8) is 0 Å². The Morgan fingerprint density at radius 3 is 2.56 bits per heavy atom. The predicted molar refractivity (Wildman–Crippen MR) is 75.4 cm³/mol. The third-order valence-electron chi connectivity index (χ3n) is 3.88. The number of nitrogens with zero attached hydrogens (tertiary/aromatic N) is 2. The molecule has 1 aromatic heterocycles. The Labute approximate surface area is 111 Å². The Kier molecular flexibility index (Phi) is 4.44. The fraction of sp³-hybridized carbons (Fsp3) is 0.800. The van der Waals surface area contributed by atoms with Crippen molar-refractivity contribution in [1.82, 2.24) is 15.1 Å². The summed E-state index contributed by atoms with van der Waals surface area (Å²) in [7, 11) is 0. The fourth-order valence-electron chi connectivity index (χ4n) is 3.10. The predicted octanol–water partition coefficient (Wildman–Crippen LogP) is 3.38. The molecule has 3 heteroatoms. The molecule has 0 amide bonds. The van der Waals surface area contributed by atoms with E-state index in [0.717, 1.165) is 24.1 Å². The molecule has 1 fully saturated rings. The van der Waals surface area contributed by atoms with Crippen LogP contribution in [0.4, 0.5) is 0 Å². The summed E-state index contributed by atoms with van der Waals surface area (Å²) >= 11 is 0. The van der Waals surface area contributed by atoms with E-state index in [0.29, 0.717) is 12.1 Å². The smallest absolute Gasteiger partial charge is 0.0762 e. The van der Waals surface area contributed by atoms with E-state index in [4.69, 9.17) is 5.10 Å². The van der Waals surface area contributed by atoms with Crippen molar-refractivity contribution in [2.24, 2.45) is 11.8 Å². The van der Waals surface area contributed by atoms with Crippen molar-refractivity contribution in [3.8, 4) is 0 Å². The summed E-state index contributed by atoms with van der Waals surface area (Å²) < 4.78 is 2.20. The molecular formula is C15H27N3. The van der Waals surface area contributed by atoms with E-state index in [1.165, 1.54) is 19.3 Å². The topological polar surface area (TPSA) is 29.9 Å². The molecule has 0 saturated heterocycles. The SMILES string of the molecule is CC1CC(C)CC(n2ccc(CNC(C)C)n2)C1. The van der Waals surface area contributed by atoms with Crippen LogP contribution in [0.1, 0.15) is 58.7 Å². The molecule has 1 saturated carbocycles. The standard InChI is InChI=1S/C15H27N3/c1-11(2)16-10-14-5-6-18(17-14)15-8-12(3)7-13(4)9-15/h5-6,11-13,15-16H,7-10H2,1-4H3. The molecule has 2 atom stereocenters. The lowest BCUT2D eigenvalue weighted by Crippen LogP contribution is -2.24. The van der Waals surface area contributed by atoms with Gasteiger partial charge in [0.1, 0.15) is 0 Å². The molecule has 3 nitrogen and oxygen atoms in total. The van der Waals surface area contributed by atoms with Crippen molar-refractivity contribution in [2.75, 3.05) is 0 Å². The number of aromatic nitrogens is 2. The molecular weight excluding hydrogens is 222 g/mol. The third-order valence-corrected chi connectivity index (χ3v) is 3.88. The van der Waals surface area contributed by atoms with Gasteiger partial charge in [-0.2, -0.15) is 5.10 Å². The highest BCUT2D eigenvalue weighted by atomic mass is 15.3. The van der Waals surface area contributed by atoms with Gasteiger partial charge in [-0.1, -0.05) is 27.7 Å². The zero-order valence-corrected chi connectivity index (χ0v) is 12.2. The molecule has 0 radical (unpaired) electrons. The summed E-state index contributed by atoms with van der Waals surface area (Å²) in [5.41, 5.74) is 1.16. The first-order valence-electron chi connectivity index (χ1n) is 7.32. The van der Waals surface area contributed by atoms with Crippen LogP contribution in [0.3, 0.4) is 0 Å². The maximum atomic E-state index is 4.73. The van der Waals surface area contributed by atoms with Gasteiger partial charge in [-0.05, 0) is 37.2 Å². The Balaban J connectivity index is 1.96. The molecule has 1 aliphatic carbocycles. The highest BCUT2D eigenvalue weighted by molar-refractivity contribution is 5.00. The van der Waals surface area contributed by atoms with E-state index in [9.17, 15) is 0 Å². The lowest BCUT2D eigenvalue weighted by molar-refractivity contribution is 0.209. The lowest BCUT2D eigenvalue weighted by atomic mass is 9.80. The Morgan fingerprint density at radius 1 is 1.28 bits per heavy atom. The van der Waals surface area contributed by atoms with E-state index in [1.54, 1.807) is 0 Å². The van der Waals surface area contributed by atoms with Gasteiger partial charge in [0.05, 0.1) is 11.7 Å². The number of hydrogen-bond donors (Lipinski definition) is 1. The summed E-state index contributed by atoms with van der Waals surface area (Å²) in [6.07, 6.45) is 6.10. The van der Waals surface area contributed by atoms with Gasteiger partial charge in [-0.25, -0.2) is 0 Å². The fourth-order valence-corrected chi connectivity index (χ4v) is 3.10. The Morgan fingerprint density at radius 2 is 1.94 bits per heavy atom. The first kappa shape index (κ1) is 13.6. The van der Waals surface area contributed by atoms with Gasteiger partial charge < -0.3 is 5.32 Å². The minimum Gasteiger partial charge on any atom is -0.309 e. The van der Waals surface area contributed by atoms with Gasteiger partial charge in [-0.3, -0.25) is 4.68 Å². The van der Waals surface area contributed by atoms with Gasteiger partial charge in [-0.15, -0.1) is 0 Å². The van der Waals surface area contributed by atoms with Crippen LogP contribution in [0, 0.1) is 11.8 Å². The molecule has 0 spiro atoms. The first-order chi connectivity index (χ1) is 8.54. The molecule has 0 aliphatic heterocycles. The molecule has 0 bridgehead atoms. The molecule has 1 aromatic rings. The van der Waals surface area contributed by atoms with Crippen LogP contribution in [0.5, 0.6) is 0 Å². The first-order valence-corrected chi connectivity index (χ1v) is 7.32. The van der Waals surface area contributed by atoms with Crippen LogP contribution < -0.4 is 5.32 Å². The third kappa shape index (κ3) is 3.58. The number of nitrogens with one attached hydrogen (secondary N) is 1. The largest absolute Gasteiger partial charge is 0.309 e. The minimum absolute atomic E-state index is 0.518. The van der Waals surface area contributed by atoms with E-state index in [-0.39, 0.29) is 0 Å². The molecule has 102 valence electrons. The average molecular weight is 249 g/mol. The van der Waals surface area contributed by atoms with Crippen LogP contribution in [-0.2, 0) is 6.54 Å². The Bertz CT molecular complexity index is 360. The maximum Gasteiger partial charge on any atom is 0.0762 e. The zero-order chi connectivity index (χ0) is 13.1. The summed E-state index contributed by atoms with van der Waals surface area (Å²) in [4.78, 5) is 0. The van der Waals surface area contributed by atoms with Crippen LogP contribution in [0.25, 0.3) is 0 Å². The molecule has 2 rings (SSSR count). The quantitative estimate of drug-likeness (QED) is 0.886. The highest BCUT2D eigenvalue weighted by Crippen LogP contribution is 2.35.